The fraction of sp³-hybridized carbons (Fsp3) is 0.318. The number of thiophene rings is 1. The normalized spacial score (nSPS) is 13.3. The van der Waals surface area contributed by atoms with Gasteiger partial charge in [-0.15, -0.1) is 11.3 Å². The Balaban J connectivity index is 1.45. The molecule has 7 heteroatoms. The van der Waals surface area contributed by atoms with Gasteiger partial charge in [-0.3, -0.25) is 4.79 Å². The number of hydrogen-bond donors (Lipinski definition) is 1. The molecule has 1 aromatic carbocycles. The van der Waals surface area contributed by atoms with Gasteiger partial charge < -0.3 is 14.5 Å². The van der Waals surface area contributed by atoms with E-state index >= 15 is 0 Å². The number of carbonyl (C=O) groups is 2. The zero-order valence-corrected chi connectivity index (χ0v) is 17.4. The van der Waals surface area contributed by atoms with Crippen LogP contribution in [0.2, 0.25) is 0 Å². The summed E-state index contributed by atoms with van der Waals surface area (Å²) in [5.74, 6) is 0.0466. The number of rotatable bonds is 6. The van der Waals surface area contributed by atoms with Gasteiger partial charge in [0.25, 0.3) is 0 Å². The van der Waals surface area contributed by atoms with Crippen LogP contribution in [0.25, 0.3) is 11.5 Å². The molecule has 0 radical (unpaired) electrons. The molecular weight excluding hydrogens is 388 g/mol. The molecule has 0 unspecified atom stereocenters. The van der Waals surface area contributed by atoms with Crippen LogP contribution < -0.4 is 5.32 Å². The van der Waals surface area contributed by atoms with Crippen LogP contribution in [-0.2, 0) is 16.1 Å². The minimum absolute atomic E-state index is 0.00145. The second kappa shape index (κ2) is 7.83. The van der Waals surface area contributed by atoms with E-state index in [0.29, 0.717) is 22.1 Å². The lowest BCUT2D eigenvalue weighted by molar-refractivity contribution is -0.117. The second-order valence-electron chi connectivity index (χ2n) is 7.34. The van der Waals surface area contributed by atoms with Crippen LogP contribution in [0.3, 0.4) is 0 Å². The van der Waals surface area contributed by atoms with Gasteiger partial charge in [-0.1, -0.05) is 17.7 Å². The van der Waals surface area contributed by atoms with Crippen LogP contribution in [0.4, 0.5) is 5.00 Å². The summed E-state index contributed by atoms with van der Waals surface area (Å²) < 4.78 is 11.0. The Morgan fingerprint density at radius 2 is 1.93 bits per heavy atom. The third-order valence-electron chi connectivity index (χ3n) is 4.98. The summed E-state index contributed by atoms with van der Waals surface area (Å²) >= 11 is 1.40. The topological polar surface area (TPSA) is 81.4 Å². The molecule has 1 N–H and O–H groups in total. The molecule has 1 saturated carbocycles. The SMILES string of the molecule is Cc1ccc(-c2nc(COC(=O)c3c(NC(=O)C4CC4)sc(C)c3C)co2)cc1. The Kier molecular flexibility index (Phi) is 5.24. The minimum Gasteiger partial charge on any atom is -0.455 e. The largest absolute Gasteiger partial charge is 0.455 e. The molecule has 150 valence electrons. The summed E-state index contributed by atoms with van der Waals surface area (Å²) in [6.07, 6.45) is 3.30. The van der Waals surface area contributed by atoms with Crippen LogP contribution >= 0.6 is 11.3 Å². The highest BCUT2D eigenvalue weighted by molar-refractivity contribution is 7.16. The molecule has 1 fully saturated rings. The van der Waals surface area contributed by atoms with Crippen LogP contribution in [0, 0.1) is 26.7 Å². The molecule has 1 aliphatic rings. The van der Waals surface area contributed by atoms with Crippen LogP contribution in [-0.4, -0.2) is 16.9 Å². The number of nitrogens with zero attached hydrogens (tertiary/aromatic N) is 1. The van der Waals surface area contributed by atoms with E-state index in [-0.39, 0.29) is 18.4 Å². The fourth-order valence-corrected chi connectivity index (χ4v) is 3.99. The Labute approximate surface area is 172 Å². The summed E-state index contributed by atoms with van der Waals surface area (Å²) in [4.78, 5) is 30.2. The Morgan fingerprint density at radius 1 is 1.21 bits per heavy atom. The average Bonchev–Trinajstić information content (AvgIpc) is 3.38. The third-order valence-corrected chi connectivity index (χ3v) is 6.10. The molecule has 0 bridgehead atoms. The summed E-state index contributed by atoms with van der Waals surface area (Å²) in [6.45, 7) is 5.80. The number of oxazole rings is 1. The smallest absolute Gasteiger partial charge is 0.341 e. The zero-order valence-electron chi connectivity index (χ0n) is 16.6. The summed E-state index contributed by atoms with van der Waals surface area (Å²) in [6, 6.07) is 7.84. The number of aromatic nitrogens is 1. The van der Waals surface area contributed by atoms with Crippen molar-refractivity contribution in [3.63, 3.8) is 0 Å². The third kappa shape index (κ3) is 4.24. The predicted molar refractivity (Wildman–Crippen MR) is 111 cm³/mol. The van der Waals surface area contributed by atoms with Gasteiger partial charge >= 0.3 is 5.97 Å². The monoisotopic (exact) mass is 410 g/mol. The lowest BCUT2D eigenvalue weighted by Gasteiger charge is -2.07. The van der Waals surface area contributed by atoms with E-state index in [4.69, 9.17) is 9.15 Å². The maximum Gasteiger partial charge on any atom is 0.341 e. The van der Waals surface area contributed by atoms with Gasteiger partial charge in [0.1, 0.15) is 23.6 Å². The highest BCUT2D eigenvalue weighted by Gasteiger charge is 2.31. The van der Waals surface area contributed by atoms with Crippen molar-refractivity contribution in [2.45, 2.75) is 40.2 Å². The summed E-state index contributed by atoms with van der Waals surface area (Å²) in [7, 11) is 0. The van der Waals surface area contributed by atoms with Gasteiger partial charge in [0.05, 0.1) is 5.56 Å². The van der Waals surface area contributed by atoms with Crippen molar-refractivity contribution in [3.05, 3.63) is 57.8 Å². The van der Waals surface area contributed by atoms with Gasteiger partial charge in [-0.2, -0.15) is 0 Å². The van der Waals surface area contributed by atoms with E-state index in [1.54, 1.807) is 0 Å². The van der Waals surface area contributed by atoms with E-state index in [0.717, 1.165) is 34.4 Å². The maximum absolute atomic E-state index is 12.7. The predicted octanol–water partition coefficient (Wildman–Crippen LogP) is 5.03. The van der Waals surface area contributed by atoms with Crippen LogP contribution in [0.15, 0.2) is 34.9 Å². The molecule has 29 heavy (non-hydrogen) atoms. The highest BCUT2D eigenvalue weighted by atomic mass is 32.1. The number of esters is 1. The van der Waals surface area contributed by atoms with Crippen molar-refractivity contribution >= 4 is 28.2 Å². The number of nitrogens with one attached hydrogen (secondary N) is 1. The number of aryl methyl sites for hydroxylation is 2. The molecule has 0 spiro atoms. The number of benzene rings is 1. The minimum atomic E-state index is -0.474. The van der Waals surface area contributed by atoms with Crippen LogP contribution in [0.1, 0.15) is 44.9 Å². The number of carbonyl (C=O) groups excluding carboxylic acids is 2. The molecule has 1 aliphatic carbocycles. The number of anilines is 1. The first kappa shape index (κ1) is 19.4. The quantitative estimate of drug-likeness (QED) is 0.576. The van der Waals surface area contributed by atoms with E-state index in [1.165, 1.54) is 17.6 Å². The molecule has 2 aromatic heterocycles. The fourth-order valence-electron chi connectivity index (χ4n) is 2.93. The lowest BCUT2D eigenvalue weighted by atomic mass is 10.1. The Morgan fingerprint density at radius 3 is 2.62 bits per heavy atom. The second-order valence-corrected chi connectivity index (χ2v) is 8.56. The van der Waals surface area contributed by atoms with Crippen molar-refractivity contribution in [3.8, 4) is 11.5 Å². The van der Waals surface area contributed by atoms with Gasteiger partial charge in [-0.25, -0.2) is 9.78 Å². The molecule has 0 atom stereocenters. The molecule has 2 heterocycles. The lowest BCUT2D eigenvalue weighted by Crippen LogP contribution is -2.16. The molecule has 0 saturated heterocycles. The maximum atomic E-state index is 12.7. The Hall–Kier alpha value is -2.93. The molecule has 0 aliphatic heterocycles. The van der Waals surface area contributed by atoms with Crippen molar-refractivity contribution in [2.24, 2.45) is 5.92 Å². The molecule has 6 nitrogen and oxygen atoms in total. The van der Waals surface area contributed by atoms with E-state index in [1.807, 2.05) is 45.0 Å². The van der Waals surface area contributed by atoms with Gasteiger partial charge in [-0.05, 0) is 51.3 Å². The van der Waals surface area contributed by atoms with E-state index < -0.39 is 5.97 Å². The molecule has 1 amide bonds. The first-order chi connectivity index (χ1) is 13.9. The average molecular weight is 410 g/mol. The van der Waals surface area contributed by atoms with E-state index in [9.17, 15) is 9.59 Å². The van der Waals surface area contributed by atoms with Gasteiger partial charge in [0, 0.05) is 16.4 Å². The zero-order chi connectivity index (χ0) is 20.5. The van der Waals surface area contributed by atoms with Gasteiger partial charge in [0.2, 0.25) is 11.8 Å². The first-order valence-corrected chi connectivity index (χ1v) is 10.3. The van der Waals surface area contributed by atoms with Gasteiger partial charge in [0.15, 0.2) is 0 Å². The van der Waals surface area contributed by atoms with Crippen LogP contribution in [0.5, 0.6) is 0 Å². The number of amides is 1. The standard InChI is InChI=1S/C22H22N2O4S/c1-12-4-6-16(7-5-12)20-23-17(10-27-20)11-28-22(26)18-13(2)14(3)29-21(18)24-19(25)15-8-9-15/h4-7,10,15H,8-9,11H2,1-3H3,(H,24,25). The Bertz CT molecular complexity index is 1060. The number of hydrogen-bond acceptors (Lipinski definition) is 6. The van der Waals surface area contributed by atoms with E-state index in [2.05, 4.69) is 10.3 Å². The highest BCUT2D eigenvalue weighted by Crippen LogP contribution is 2.36. The first-order valence-electron chi connectivity index (χ1n) is 9.52. The van der Waals surface area contributed by atoms with Crippen molar-refractivity contribution < 1.29 is 18.7 Å². The molecule has 3 aromatic rings. The van der Waals surface area contributed by atoms with Crippen molar-refractivity contribution in [2.75, 3.05) is 5.32 Å². The molecule has 4 rings (SSSR count). The summed E-state index contributed by atoms with van der Waals surface area (Å²) in [5.41, 5.74) is 3.79. The molecular formula is C22H22N2O4S. The van der Waals surface area contributed by atoms with Crippen molar-refractivity contribution in [1.82, 2.24) is 4.98 Å². The summed E-state index contributed by atoms with van der Waals surface area (Å²) in [5, 5.41) is 3.45. The van der Waals surface area contributed by atoms with Crippen molar-refractivity contribution in [1.29, 1.82) is 0 Å². The number of ether oxygens (including phenoxy) is 1.